The molecule has 0 spiro atoms. The third kappa shape index (κ3) is 3.38. The Bertz CT molecular complexity index is 1190. The number of rotatable bonds is 5. The second-order valence-electron chi connectivity index (χ2n) is 7.28. The summed E-state index contributed by atoms with van der Waals surface area (Å²) in [7, 11) is 0. The molecule has 1 fully saturated rings. The topological polar surface area (TPSA) is 104 Å². The lowest BCUT2D eigenvalue weighted by atomic mass is 10.1. The van der Waals surface area contributed by atoms with Crippen LogP contribution in [-0.2, 0) is 16.1 Å². The van der Waals surface area contributed by atoms with Crippen LogP contribution in [0.3, 0.4) is 0 Å². The average molecular weight is 434 g/mol. The normalized spacial score (nSPS) is 20.1. The molecule has 3 heterocycles. The minimum Gasteiger partial charge on any atom is -0.337 e. The van der Waals surface area contributed by atoms with E-state index in [1.54, 1.807) is 6.07 Å². The number of aromatic nitrogens is 2. The Labute approximate surface area is 182 Å². The Hall–Kier alpha value is -3.53. The second kappa shape index (κ2) is 7.62. The summed E-state index contributed by atoms with van der Waals surface area (Å²) in [5.41, 5.74) is 2.49. The van der Waals surface area contributed by atoms with Crippen molar-refractivity contribution in [2.75, 3.05) is 11.2 Å². The molecule has 2 atom stereocenters. The van der Waals surface area contributed by atoms with Gasteiger partial charge in [0, 0.05) is 10.5 Å². The molecule has 156 valence electrons. The average Bonchev–Trinajstić information content (AvgIpc) is 3.47. The van der Waals surface area contributed by atoms with Gasteiger partial charge < -0.3 is 4.52 Å². The Morgan fingerprint density at radius 2 is 1.90 bits per heavy atom. The Morgan fingerprint density at radius 3 is 2.68 bits per heavy atom. The molecule has 31 heavy (non-hydrogen) atoms. The number of hydrogen-bond donors (Lipinski definition) is 0. The molecule has 5 rings (SSSR count). The van der Waals surface area contributed by atoms with Crippen molar-refractivity contribution in [2.24, 2.45) is 10.3 Å². The summed E-state index contributed by atoms with van der Waals surface area (Å²) in [4.78, 5) is 32.6. The number of amides is 2. The van der Waals surface area contributed by atoms with Crippen molar-refractivity contribution in [1.82, 2.24) is 15.1 Å². The third-order valence-corrected chi connectivity index (χ3v) is 5.97. The highest BCUT2D eigenvalue weighted by molar-refractivity contribution is 7.98. The van der Waals surface area contributed by atoms with Gasteiger partial charge in [0.15, 0.2) is 12.1 Å². The first-order chi connectivity index (χ1) is 15.0. The van der Waals surface area contributed by atoms with E-state index in [4.69, 9.17) is 4.52 Å². The van der Waals surface area contributed by atoms with Crippen molar-refractivity contribution in [3.05, 3.63) is 60.0 Å². The van der Waals surface area contributed by atoms with Gasteiger partial charge in [0.2, 0.25) is 11.7 Å². The van der Waals surface area contributed by atoms with Gasteiger partial charge in [-0.25, -0.2) is 4.90 Å². The maximum atomic E-state index is 13.1. The molecule has 0 radical (unpaired) electrons. The fourth-order valence-corrected chi connectivity index (χ4v) is 4.09. The van der Waals surface area contributed by atoms with Crippen molar-refractivity contribution in [3.8, 4) is 11.4 Å². The Kier molecular flexibility index (Phi) is 4.78. The number of nitrogens with zero attached hydrogens (tertiary/aromatic N) is 6. The van der Waals surface area contributed by atoms with Crippen LogP contribution in [0.1, 0.15) is 11.5 Å². The molecular weight excluding hydrogens is 416 g/mol. The van der Waals surface area contributed by atoms with Gasteiger partial charge in [0.1, 0.15) is 6.54 Å². The largest absolute Gasteiger partial charge is 0.337 e. The zero-order chi connectivity index (χ0) is 21.5. The molecule has 2 aromatic carbocycles. The summed E-state index contributed by atoms with van der Waals surface area (Å²) < 4.78 is 5.35. The van der Waals surface area contributed by atoms with E-state index in [-0.39, 0.29) is 18.4 Å². The van der Waals surface area contributed by atoms with Crippen molar-refractivity contribution in [1.29, 1.82) is 0 Å². The first-order valence-corrected chi connectivity index (χ1v) is 10.9. The van der Waals surface area contributed by atoms with Crippen molar-refractivity contribution >= 4 is 29.3 Å². The molecule has 0 saturated carbocycles. The number of thioether (sulfide) groups is 1. The first-order valence-electron chi connectivity index (χ1n) is 9.64. The molecule has 0 aliphatic carbocycles. The Balaban J connectivity index is 1.36. The van der Waals surface area contributed by atoms with Gasteiger partial charge in [-0.1, -0.05) is 46.3 Å². The number of carbonyl (C=O) groups is 2. The van der Waals surface area contributed by atoms with Gasteiger partial charge in [-0.3, -0.25) is 14.6 Å². The molecule has 0 N–H and O–H groups in total. The van der Waals surface area contributed by atoms with Crippen LogP contribution in [-0.4, -0.2) is 45.3 Å². The van der Waals surface area contributed by atoms with Crippen molar-refractivity contribution < 1.29 is 14.1 Å². The number of hydrogen-bond acceptors (Lipinski definition) is 9. The third-order valence-electron chi connectivity index (χ3n) is 5.24. The monoisotopic (exact) mass is 434 g/mol. The summed E-state index contributed by atoms with van der Waals surface area (Å²) in [5, 5.41) is 13.5. The van der Waals surface area contributed by atoms with Gasteiger partial charge in [-0.05, 0) is 31.4 Å². The second-order valence-corrected chi connectivity index (χ2v) is 8.16. The molecule has 3 aromatic rings. The van der Waals surface area contributed by atoms with E-state index in [1.165, 1.54) is 21.7 Å². The highest BCUT2D eigenvalue weighted by atomic mass is 32.2. The van der Waals surface area contributed by atoms with E-state index in [0.717, 1.165) is 16.0 Å². The number of benzene rings is 2. The number of aryl methyl sites for hydroxylation is 1. The maximum Gasteiger partial charge on any atom is 0.263 e. The van der Waals surface area contributed by atoms with Gasteiger partial charge in [0.25, 0.3) is 11.8 Å². The molecule has 2 aliphatic heterocycles. The number of anilines is 1. The lowest BCUT2D eigenvalue weighted by Crippen LogP contribution is -2.39. The lowest BCUT2D eigenvalue weighted by molar-refractivity contribution is -0.123. The van der Waals surface area contributed by atoms with E-state index in [9.17, 15) is 9.59 Å². The predicted molar refractivity (Wildman–Crippen MR) is 113 cm³/mol. The SMILES string of the molecule is CSc1cccc(N2C(=O)[C@@H]3N=NN(Cc4nc(-c5ccc(C)cc5)no4)[C@H]3C2=O)c1. The molecule has 0 unspecified atom stereocenters. The van der Waals surface area contributed by atoms with Crippen LogP contribution in [0.4, 0.5) is 5.69 Å². The minimum atomic E-state index is -0.870. The van der Waals surface area contributed by atoms with E-state index < -0.39 is 12.1 Å². The number of carbonyl (C=O) groups excluding carboxylic acids is 2. The van der Waals surface area contributed by atoms with E-state index in [1.807, 2.05) is 55.6 Å². The van der Waals surface area contributed by atoms with Crippen LogP contribution in [0.2, 0.25) is 0 Å². The molecule has 2 amide bonds. The predicted octanol–water partition coefficient (Wildman–Crippen LogP) is 3.26. The standard InChI is InChI=1S/C21H18N6O3S/c1-12-6-8-13(9-7-12)19-22-16(30-24-19)11-26-18-17(23-25-26)20(28)27(21(18)29)14-4-3-5-15(10-14)31-2/h3-10,17-18H,11H2,1-2H3/t17-,18-/m1/s1. The molecule has 2 aliphatic rings. The first kappa shape index (κ1) is 19.4. The van der Waals surface area contributed by atoms with Crippen LogP contribution < -0.4 is 4.90 Å². The fraction of sp³-hybridized carbons (Fsp3) is 0.238. The molecular formula is C21H18N6O3S. The molecule has 9 nitrogen and oxygen atoms in total. The van der Waals surface area contributed by atoms with Crippen LogP contribution in [0.5, 0.6) is 0 Å². The van der Waals surface area contributed by atoms with Crippen LogP contribution in [0.25, 0.3) is 11.4 Å². The summed E-state index contributed by atoms with van der Waals surface area (Å²) in [6.07, 6.45) is 1.94. The van der Waals surface area contributed by atoms with Crippen LogP contribution >= 0.6 is 11.8 Å². The van der Waals surface area contributed by atoms with Gasteiger partial charge in [0.05, 0.1) is 5.69 Å². The quantitative estimate of drug-likeness (QED) is 0.448. The van der Waals surface area contributed by atoms with Crippen molar-refractivity contribution in [2.45, 2.75) is 30.4 Å². The maximum absolute atomic E-state index is 13.1. The van der Waals surface area contributed by atoms with Crippen molar-refractivity contribution in [3.63, 3.8) is 0 Å². The number of fused-ring (bicyclic) bond motifs is 1. The van der Waals surface area contributed by atoms with Gasteiger partial charge >= 0.3 is 0 Å². The summed E-state index contributed by atoms with van der Waals surface area (Å²) in [6, 6.07) is 13.4. The Morgan fingerprint density at radius 1 is 1.10 bits per heavy atom. The van der Waals surface area contributed by atoms with E-state index >= 15 is 0 Å². The zero-order valence-electron chi connectivity index (χ0n) is 16.8. The molecule has 0 bridgehead atoms. The highest BCUT2D eigenvalue weighted by Gasteiger charge is 2.55. The fourth-order valence-electron chi connectivity index (χ4n) is 3.64. The smallest absolute Gasteiger partial charge is 0.263 e. The summed E-state index contributed by atoms with van der Waals surface area (Å²) in [5.74, 6) is -0.00725. The summed E-state index contributed by atoms with van der Waals surface area (Å²) >= 11 is 1.54. The van der Waals surface area contributed by atoms with E-state index in [2.05, 4.69) is 20.5 Å². The summed E-state index contributed by atoms with van der Waals surface area (Å²) in [6.45, 7) is 2.09. The molecule has 1 saturated heterocycles. The van der Waals surface area contributed by atoms with Crippen LogP contribution in [0.15, 0.2) is 68.3 Å². The van der Waals surface area contributed by atoms with E-state index in [0.29, 0.717) is 17.4 Å². The zero-order valence-corrected chi connectivity index (χ0v) is 17.6. The molecule has 1 aromatic heterocycles. The highest BCUT2D eigenvalue weighted by Crippen LogP contribution is 2.34. The lowest BCUT2D eigenvalue weighted by Gasteiger charge is -2.19. The van der Waals surface area contributed by atoms with Crippen LogP contribution in [0, 0.1) is 6.92 Å². The van der Waals surface area contributed by atoms with Gasteiger partial charge in [-0.2, -0.15) is 10.1 Å². The molecule has 10 heteroatoms. The minimum absolute atomic E-state index is 0.0846. The number of imide groups is 1. The van der Waals surface area contributed by atoms with Gasteiger partial charge in [-0.15, -0.1) is 11.8 Å².